The first-order chi connectivity index (χ1) is 9.01. The molecule has 5 N–H and O–H groups in total. The summed E-state index contributed by atoms with van der Waals surface area (Å²) in [6.07, 6.45) is 0. The molecule has 1 atom stereocenters. The van der Waals surface area contributed by atoms with Crippen LogP contribution in [0.1, 0.15) is 6.92 Å². The normalized spacial score (nSPS) is 12.1. The van der Waals surface area contributed by atoms with Gasteiger partial charge in [0.2, 0.25) is 11.5 Å². The Hall–Kier alpha value is -2.50. The zero-order chi connectivity index (χ0) is 14.0. The van der Waals surface area contributed by atoms with Crippen molar-refractivity contribution in [3.63, 3.8) is 0 Å². The maximum Gasteiger partial charge on any atom is 0.250 e. The number of nitrogens with two attached hydrogens (primary N) is 1. The smallest absolute Gasteiger partial charge is 0.250 e. The number of amides is 1. The second kappa shape index (κ2) is 5.01. The number of aromatic nitrogens is 1. The number of carbonyl (C=O) groups is 1. The highest BCUT2D eigenvalue weighted by molar-refractivity contribution is 5.95. The molecule has 100 valence electrons. The Kier molecular flexibility index (Phi) is 3.41. The Balaban J connectivity index is 2.49. The lowest BCUT2D eigenvalue weighted by Gasteiger charge is -2.15. The molecule has 1 heterocycles. The standard InChI is InChI=1S/C13H16N4O2/c1-7(13(19)15-2)16-11-6-12(18)17-10-4-3-8(14)5-9(10)11/h3-7H,14H2,1-2H3,(H,15,19)(H2,16,17,18)/t7-/m1/s1. The van der Waals surface area contributed by atoms with Crippen LogP contribution in [-0.2, 0) is 4.79 Å². The van der Waals surface area contributed by atoms with E-state index in [1.165, 1.54) is 6.07 Å². The van der Waals surface area contributed by atoms with E-state index >= 15 is 0 Å². The van der Waals surface area contributed by atoms with Crippen molar-refractivity contribution in [2.75, 3.05) is 18.1 Å². The monoisotopic (exact) mass is 260 g/mol. The van der Waals surface area contributed by atoms with E-state index in [1.54, 1.807) is 32.2 Å². The van der Waals surface area contributed by atoms with Gasteiger partial charge in [0.1, 0.15) is 6.04 Å². The summed E-state index contributed by atoms with van der Waals surface area (Å²) in [6, 6.07) is 6.17. The Morgan fingerprint density at radius 1 is 1.37 bits per heavy atom. The maximum absolute atomic E-state index is 11.6. The highest BCUT2D eigenvalue weighted by atomic mass is 16.2. The van der Waals surface area contributed by atoms with Crippen molar-refractivity contribution < 1.29 is 4.79 Å². The molecule has 0 saturated heterocycles. The Morgan fingerprint density at radius 2 is 2.11 bits per heavy atom. The molecule has 6 nitrogen and oxygen atoms in total. The second-order valence-electron chi connectivity index (χ2n) is 4.33. The second-order valence-corrected chi connectivity index (χ2v) is 4.33. The summed E-state index contributed by atoms with van der Waals surface area (Å²) in [7, 11) is 1.56. The van der Waals surface area contributed by atoms with Crippen LogP contribution in [0.2, 0.25) is 0 Å². The largest absolute Gasteiger partial charge is 0.399 e. The molecule has 0 aliphatic heterocycles. The molecule has 0 bridgehead atoms. The summed E-state index contributed by atoms with van der Waals surface area (Å²) in [5.74, 6) is -0.155. The van der Waals surface area contributed by atoms with Gasteiger partial charge in [0.15, 0.2) is 0 Å². The van der Waals surface area contributed by atoms with Crippen molar-refractivity contribution in [2.45, 2.75) is 13.0 Å². The number of fused-ring (bicyclic) bond motifs is 1. The molecular weight excluding hydrogens is 244 g/mol. The Labute approximate surface area is 110 Å². The third kappa shape index (κ3) is 2.67. The van der Waals surface area contributed by atoms with Crippen LogP contribution in [-0.4, -0.2) is 24.0 Å². The molecule has 0 aliphatic carbocycles. The number of hydrogen-bond donors (Lipinski definition) is 4. The number of nitrogen functional groups attached to an aromatic ring is 1. The molecule has 1 aromatic carbocycles. The van der Waals surface area contributed by atoms with Crippen LogP contribution >= 0.6 is 0 Å². The minimum Gasteiger partial charge on any atom is -0.399 e. The molecule has 0 unspecified atom stereocenters. The number of pyridine rings is 1. The van der Waals surface area contributed by atoms with E-state index in [0.717, 1.165) is 5.39 Å². The maximum atomic E-state index is 11.6. The van der Waals surface area contributed by atoms with Gasteiger partial charge < -0.3 is 21.4 Å². The SMILES string of the molecule is CNC(=O)[C@@H](C)Nc1cc(=O)[nH]c2ccc(N)cc12. The molecule has 0 spiro atoms. The molecule has 6 heteroatoms. The fourth-order valence-corrected chi connectivity index (χ4v) is 1.91. The van der Waals surface area contributed by atoms with Gasteiger partial charge in [-0.25, -0.2) is 0 Å². The minimum atomic E-state index is -0.448. The third-order valence-electron chi connectivity index (χ3n) is 2.88. The molecule has 0 aliphatic rings. The van der Waals surface area contributed by atoms with E-state index in [2.05, 4.69) is 15.6 Å². The predicted molar refractivity (Wildman–Crippen MR) is 76.1 cm³/mol. The minimum absolute atomic E-state index is 0.155. The summed E-state index contributed by atoms with van der Waals surface area (Å²) < 4.78 is 0. The number of anilines is 2. The first kappa shape index (κ1) is 12.9. The van der Waals surface area contributed by atoms with Crippen molar-refractivity contribution in [1.29, 1.82) is 0 Å². The van der Waals surface area contributed by atoms with Crippen molar-refractivity contribution in [3.8, 4) is 0 Å². The molecule has 19 heavy (non-hydrogen) atoms. The van der Waals surface area contributed by atoms with Gasteiger partial charge in [-0.3, -0.25) is 9.59 Å². The van der Waals surface area contributed by atoms with Crippen LogP contribution in [0.5, 0.6) is 0 Å². The van der Waals surface area contributed by atoms with Gasteiger partial charge in [-0.2, -0.15) is 0 Å². The van der Waals surface area contributed by atoms with E-state index in [0.29, 0.717) is 16.9 Å². The summed E-state index contributed by atoms with van der Waals surface area (Å²) in [5.41, 5.74) is 7.37. The molecule has 2 rings (SSSR count). The lowest BCUT2D eigenvalue weighted by atomic mass is 10.1. The first-order valence-corrected chi connectivity index (χ1v) is 5.92. The lowest BCUT2D eigenvalue weighted by Crippen LogP contribution is -2.35. The van der Waals surface area contributed by atoms with E-state index in [1.807, 2.05) is 0 Å². The van der Waals surface area contributed by atoms with Crippen LogP contribution in [0.3, 0.4) is 0 Å². The van der Waals surface area contributed by atoms with Gasteiger partial charge in [-0.15, -0.1) is 0 Å². The van der Waals surface area contributed by atoms with Gasteiger partial charge in [-0.05, 0) is 25.1 Å². The van der Waals surface area contributed by atoms with Gasteiger partial charge >= 0.3 is 0 Å². The number of nitrogens with one attached hydrogen (secondary N) is 3. The van der Waals surface area contributed by atoms with Gasteiger partial charge in [0, 0.05) is 29.9 Å². The van der Waals surface area contributed by atoms with E-state index in [-0.39, 0.29) is 11.5 Å². The van der Waals surface area contributed by atoms with Crippen LogP contribution in [0, 0.1) is 0 Å². The number of aromatic amines is 1. The molecule has 1 aromatic heterocycles. The fraction of sp³-hybridized carbons (Fsp3) is 0.231. The van der Waals surface area contributed by atoms with Crippen LogP contribution in [0.4, 0.5) is 11.4 Å². The lowest BCUT2D eigenvalue weighted by molar-refractivity contribution is -0.121. The summed E-state index contributed by atoms with van der Waals surface area (Å²) >= 11 is 0. The van der Waals surface area contributed by atoms with Crippen LogP contribution < -0.4 is 21.9 Å². The number of carbonyl (C=O) groups excluding carboxylic acids is 1. The fourth-order valence-electron chi connectivity index (χ4n) is 1.91. The van der Waals surface area contributed by atoms with E-state index in [9.17, 15) is 9.59 Å². The highest BCUT2D eigenvalue weighted by Crippen LogP contribution is 2.22. The topological polar surface area (TPSA) is 100 Å². The number of H-pyrrole nitrogens is 1. The molecule has 0 fully saturated rings. The average Bonchev–Trinajstić information content (AvgIpc) is 2.38. The summed E-state index contributed by atoms with van der Waals surface area (Å²) in [5, 5.41) is 6.34. The van der Waals surface area contributed by atoms with Crippen LogP contribution in [0.25, 0.3) is 10.9 Å². The van der Waals surface area contributed by atoms with Crippen molar-refractivity contribution in [1.82, 2.24) is 10.3 Å². The Morgan fingerprint density at radius 3 is 2.79 bits per heavy atom. The molecule has 0 saturated carbocycles. The summed E-state index contributed by atoms with van der Waals surface area (Å²) in [6.45, 7) is 1.72. The number of rotatable bonds is 3. The van der Waals surface area contributed by atoms with Crippen molar-refractivity contribution in [3.05, 3.63) is 34.6 Å². The quantitative estimate of drug-likeness (QED) is 0.609. The van der Waals surface area contributed by atoms with Gasteiger partial charge in [0.25, 0.3) is 0 Å². The van der Waals surface area contributed by atoms with Crippen molar-refractivity contribution >= 4 is 28.2 Å². The van der Waals surface area contributed by atoms with Gasteiger partial charge in [-0.1, -0.05) is 0 Å². The molecule has 0 radical (unpaired) electrons. The Bertz CT molecular complexity index is 678. The highest BCUT2D eigenvalue weighted by Gasteiger charge is 2.12. The van der Waals surface area contributed by atoms with E-state index in [4.69, 9.17) is 5.73 Å². The summed E-state index contributed by atoms with van der Waals surface area (Å²) in [4.78, 5) is 25.8. The molecular formula is C13H16N4O2. The first-order valence-electron chi connectivity index (χ1n) is 5.92. The number of hydrogen-bond acceptors (Lipinski definition) is 4. The van der Waals surface area contributed by atoms with Gasteiger partial charge in [0.05, 0.1) is 5.52 Å². The molecule has 1 amide bonds. The number of benzene rings is 1. The van der Waals surface area contributed by atoms with Crippen LogP contribution in [0.15, 0.2) is 29.1 Å². The predicted octanol–water partition coefficient (Wildman–Crippen LogP) is 0.657. The third-order valence-corrected chi connectivity index (χ3v) is 2.88. The number of likely N-dealkylation sites (N-methyl/N-ethyl adjacent to an activating group) is 1. The van der Waals surface area contributed by atoms with Crippen molar-refractivity contribution in [2.24, 2.45) is 0 Å². The average molecular weight is 260 g/mol. The zero-order valence-corrected chi connectivity index (χ0v) is 10.8. The zero-order valence-electron chi connectivity index (χ0n) is 10.8. The van der Waals surface area contributed by atoms with E-state index < -0.39 is 6.04 Å². The molecule has 2 aromatic rings.